The van der Waals surface area contributed by atoms with E-state index in [0.717, 1.165) is 28.9 Å². The summed E-state index contributed by atoms with van der Waals surface area (Å²) in [5.74, 6) is -0.750. The molecule has 0 amide bonds. The zero-order valence-corrected chi connectivity index (χ0v) is 21.1. The number of carbonyl (C=O) groups is 2. The van der Waals surface area contributed by atoms with E-state index in [9.17, 15) is 14.7 Å². The number of Topliss-reactive ketones (excluding diaryl/α,β-unsaturated/α-hetero) is 1. The molecule has 0 aromatic heterocycles. The Hall–Kier alpha value is -2.11. The Morgan fingerprint density at radius 2 is 1.61 bits per heavy atom. The third-order valence-electron chi connectivity index (χ3n) is 6.07. The van der Waals surface area contributed by atoms with Crippen LogP contribution in [0.1, 0.15) is 76.8 Å². The Balaban J connectivity index is 2.14. The highest BCUT2D eigenvalue weighted by Gasteiger charge is 2.33. The molecule has 0 heterocycles. The van der Waals surface area contributed by atoms with E-state index < -0.39 is 16.3 Å². The number of ketones is 1. The summed E-state index contributed by atoms with van der Waals surface area (Å²) in [5, 5.41) is 9.46. The maximum Gasteiger partial charge on any atom is 0.319 e. The van der Waals surface area contributed by atoms with Crippen LogP contribution in [0.3, 0.4) is 0 Å². The second-order valence-corrected chi connectivity index (χ2v) is 11.2. The van der Waals surface area contributed by atoms with Crippen LogP contribution < -0.4 is 5.73 Å². The number of unbranched alkanes of at least 4 members (excludes halogenated alkanes) is 4. The van der Waals surface area contributed by atoms with Crippen molar-refractivity contribution in [2.75, 3.05) is 0 Å². The van der Waals surface area contributed by atoms with E-state index >= 15 is 0 Å². The fourth-order valence-electron chi connectivity index (χ4n) is 3.94. The van der Waals surface area contributed by atoms with Crippen LogP contribution in [0.4, 0.5) is 0 Å². The zero-order valence-electron chi connectivity index (χ0n) is 20.3. The number of benzene rings is 2. The van der Waals surface area contributed by atoms with Gasteiger partial charge < -0.3 is 10.8 Å². The topological polar surface area (TPSA) is 80.4 Å². The fourth-order valence-corrected chi connectivity index (χ4v) is 4.98. The molecule has 0 aliphatic heterocycles. The molecule has 0 saturated carbocycles. The van der Waals surface area contributed by atoms with Gasteiger partial charge in [-0.15, -0.1) is 11.8 Å². The first-order valence-corrected chi connectivity index (χ1v) is 12.9. The molecule has 2 rings (SSSR count). The predicted octanol–water partition coefficient (Wildman–Crippen LogP) is 6.44. The molecule has 1 unspecified atom stereocenters. The largest absolute Gasteiger partial charge is 0.480 e. The second kappa shape index (κ2) is 13.0. The lowest BCUT2D eigenvalue weighted by atomic mass is 9.81. The van der Waals surface area contributed by atoms with Crippen LogP contribution >= 0.6 is 11.8 Å². The fraction of sp³-hybridized carbons (Fsp3) is 0.500. The van der Waals surface area contributed by atoms with E-state index in [0.29, 0.717) is 25.7 Å². The summed E-state index contributed by atoms with van der Waals surface area (Å²) in [4.78, 5) is 25.8. The average Bonchev–Trinajstić information content (AvgIpc) is 2.78. The van der Waals surface area contributed by atoms with E-state index in [-0.39, 0.29) is 5.78 Å². The first-order valence-electron chi connectivity index (χ1n) is 12.0. The molecule has 0 aliphatic rings. The number of aliphatic carboxylic acids is 1. The van der Waals surface area contributed by atoms with Crippen LogP contribution in [0.25, 0.3) is 0 Å². The standard InChI is InChI=1S/C28H39NO3S/c1-4-5-6-7-11-19-28(29,25(30)18-17-22-13-9-8-10-14-22)21-23-15-12-16-24(20-23)33-27(2,3)26(31)32/h8-10,12-16,20H,4-7,11,17-19,21,29H2,1-3H3,(H,31,32). The number of aryl methyl sites for hydroxylation is 1. The number of hydrogen-bond donors (Lipinski definition) is 2. The summed E-state index contributed by atoms with van der Waals surface area (Å²) in [5.41, 5.74) is 8.04. The van der Waals surface area contributed by atoms with Crippen LogP contribution in [-0.2, 0) is 22.4 Å². The molecule has 0 saturated heterocycles. The van der Waals surface area contributed by atoms with Crippen molar-refractivity contribution in [3.8, 4) is 0 Å². The predicted molar refractivity (Wildman–Crippen MR) is 138 cm³/mol. The van der Waals surface area contributed by atoms with Crippen molar-refractivity contribution in [1.29, 1.82) is 0 Å². The van der Waals surface area contributed by atoms with E-state index in [4.69, 9.17) is 5.73 Å². The Labute approximate surface area is 203 Å². The van der Waals surface area contributed by atoms with Crippen molar-refractivity contribution in [3.63, 3.8) is 0 Å². The minimum absolute atomic E-state index is 0.103. The molecule has 0 bridgehead atoms. The number of rotatable bonds is 15. The van der Waals surface area contributed by atoms with Crippen LogP contribution in [0.5, 0.6) is 0 Å². The first kappa shape index (κ1) is 27.1. The van der Waals surface area contributed by atoms with Crippen molar-refractivity contribution in [2.24, 2.45) is 5.73 Å². The Bertz CT molecular complexity index is 897. The third kappa shape index (κ3) is 8.98. The maximum absolute atomic E-state index is 13.4. The Kier molecular flexibility index (Phi) is 10.6. The highest BCUT2D eigenvalue weighted by molar-refractivity contribution is 8.01. The van der Waals surface area contributed by atoms with Gasteiger partial charge in [0.25, 0.3) is 0 Å². The van der Waals surface area contributed by atoms with Crippen LogP contribution in [0.2, 0.25) is 0 Å². The number of thioether (sulfide) groups is 1. The molecule has 4 nitrogen and oxygen atoms in total. The molecule has 0 radical (unpaired) electrons. The van der Waals surface area contributed by atoms with Crippen molar-refractivity contribution in [3.05, 3.63) is 65.7 Å². The molecule has 180 valence electrons. The molecule has 3 N–H and O–H groups in total. The maximum atomic E-state index is 13.4. The van der Waals surface area contributed by atoms with Gasteiger partial charge in [-0.3, -0.25) is 9.59 Å². The number of carbonyl (C=O) groups excluding carboxylic acids is 1. The summed E-state index contributed by atoms with van der Waals surface area (Å²) in [6.07, 6.45) is 7.83. The quantitative estimate of drug-likeness (QED) is 0.232. The SMILES string of the molecule is CCCCCCCC(N)(Cc1cccc(SC(C)(C)C(=O)O)c1)C(=O)CCc1ccccc1. The smallest absolute Gasteiger partial charge is 0.319 e. The van der Waals surface area contributed by atoms with E-state index in [1.807, 2.05) is 54.6 Å². The number of nitrogens with two attached hydrogens (primary N) is 1. The highest BCUT2D eigenvalue weighted by Crippen LogP contribution is 2.34. The summed E-state index contributed by atoms with van der Waals surface area (Å²) >= 11 is 1.31. The van der Waals surface area contributed by atoms with Crippen molar-refractivity contribution in [2.45, 2.75) is 93.7 Å². The van der Waals surface area contributed by atoms with Crippen LogP contribution in [0, 0.1) is 0 Å². The molecule has 2 aromatic carbocycles. The number of carboxylic acid groups (broad SMARTS) is 1. The Morgan fingerprint density at radius 1 is 0.939 bits per heavy atom. The molecular weight excluding hydrogens is 430 g/mol. The first-order chi connectivity index (χ1) is 15.7. The lowest BCUT2D eigenvalue weighted by Crippen LogP contribution is -2.50. The number of carboxylic acids is 1. The van der Waals surface area contributed by atoms with Gasteiger partial charge in [-0.25, -0.2) is 0 Å². The summed E-state index contributed by atoms with van der Waals surface area (Å²) in [7, 11) is 0. The minimum Gasteiger partial charge on any atom is -0.480 e. The summed E-state index contributed by atoms with van der Waals surface area (Å²) in [6.45, 7) is 5.59. The lowest BCUT2D eigenvalue weighted by Gasteiger charge is -2.29. The van der Waals surface area contributed by atoms with Gasteiger partial charge in [0.05, 0.1) is 5.54 Å². The third-order valence-corrected chi connectivity index (χ3v) is 7.25. The normalized spacial score (nSPS) is 13.5. The van der Waals surface area contributed by atoms with E-state index in [1.165, 1.54) is 31.0 Å². The van der Waals surface area contributed by atoms with Crippen LogP contribution in [0.15, 0.2) is 59.5 Å². The van der Waals surface area contributed by atoms with E-state index in [1.54, 1.807) is 13.8 Å². The summed E-state index contributed by atoms with van der Waals surface area (Å²) in [6, 6.07) is 17.9. The molecular formula is C28H39NO3S. The van der Waals surface area contributed by atoms with E-state index in [2.05, 4.69) is 6.92 Å². The molecule has 1 atom stereocenters. The molecule has 0 aliphatic carbocycles. The van der Waals surface area contributed by atoms with Gasteiger partial charge in [0.1, 0.15) is 4.75 Å². The van der Waals surface area contributed by atoms with Gasteiger partial charge in [0.15, 0.2) is 5.78 Å². The average molecular weight is 470 g/mol. The van der Waals surface area contributed by atoms with Crippen molar-refractivity contribution >= 4 is 23.5 Å². The van der Waals surface area contributed by atoms with Gasteiger partial charge in [-0.2, -0.15) is 0 Å². The number of hydrogen-bond acceptors (Lipinski definition) is 4. The highest BCUT2D eigenvalue weighted by atomic mass is 32.2. The van der Waals surface area contributed by atoms with Gasteiger partial charge in [-0.1, -0.05) is 81.5 Å². The van der Waals surface area contributed by atoms with Crippen molar-refractivity contribution < 1.29 is 14.7 Å². The van der Waals surface area contributed by atoms with Crippen LogP contribution in [-0.4, -0.2) is 27.1 Å². The molecule has 0 spiro atoms. The van der Waals surface area contributed by atoms with Gasteiger partial charge in [-0.05, 0) is 56.4 Å². The molecule has 2 aromatic rings. The van der Waals surface area contributed by atoms with Crippen molar-refractivity contribution in [1.82, 2.24) is 0 Å². The monoisotopic (exact) mass is 469 g/mol. The Morgan fingerprint density at radius 3 is 2.27 bits per heavy atom. The molecule has 5 heteroatoms. The zero-order chi connectivity index (χ0) is 24.3. The lowest BCUT2D eigenvalue weighted by molar-refractivity contribution is -0.138. The van der Waals surface area contributed by atoms with Gasteiger partial charge in [0.2, 0.25) is 0 Å². The molecule has 0 fully saturated rings. The molecule has 33 heavy (non-hydrogen) atoms. The van der Waals surface area contributed by atoms with Gasteiger partial charge in [0, 0.05) is 11.3 Å². The minimum atomic E-state index is -0.927. The second-order valence-electron chi connectivity index (χ2n) is 9.47. The summed E-state index contributed by atoms with van der Waals surface area (Å²) < 4.78 is -0.927. The van der Waals surface area contributed by atoms with Gasteiger partial charge >= 0.3 is 5.97 Å².